The van der Waals surface area contributed by atoms with Gasteiger partial charge in [0.1, 0.15) is 58.7 Å². The van der Waals surface area contributed by atoms with Crippen molar-refractivity contribution in [2.24, 2.45) is 0 Å². The molecule has 4 heterocycles. The second-order valence-electron chi connectivity index (χ2n) is 13.5. The number of aryl methyl sites for hydroxylation is 1. The van der Waals surface area contributed by atoms with Crippen molar-refractivity contribution in [1.29, 1.82) is 0 Å². The van der Waals surface area contributed by atoms with E-state index in [1.165, 1.54) is 6.07 Å². The van der Waals surface area contributed by atoms with E-state index in [1.54, 1.807) is 12.3 Å². The number of fused-ring (bicyclic) bond motifs is 1. The monoisotopic (exact) mass is 805 g/mol. The number of aliphatic carboxylic acids is 1. The van der Waals surface area contributed by atoms with E-state index in [0.717, 1.165) is 23.9 Å². The standard InChI is InChI=1S/C36H39NO20/c1-2-15-5-12(11-37-15)6-16-20(10-21-22(24(16)42)17(39)9-19(53-21)14-7-13(3-4-38)23(41)18(40)8-14)54-34-27(45)25(43)26(44)29(55-34)33(50)57-35-28(46)30(47)36(51,52)31(56-35)32(48)49/h5,7-11,25-31,34-35,37-38,40-47,51-52H,2-4,6H2,1H3,(H,48,49). The summed E-state index contributed by atoms with van der Waals surface area (Å²) in [7, 11) is 0. The number of ether oxygens (including phenoxy) is 4. The molecule has 2 aliphatic heterocycles. The molecule has 0 bridgehead atoms. The summed E-state index contributed by atoms with van der Waals surface area (Å²) in [6, 6.07) is 6.32. The average Bonchev–Trinajstić information content (AvgIpc) is 3.62. The summed E-state index contributed by atoms with van der Waals surface area (Å²) >= 11 is 0. The molecule has 308 valence electrons. The van der Waals surface area contributed by atoms with Crippen LogP contribution in [0.25, 0.3) is 22.3 Å². The van der Waals surface area contributed by atoms with E-state index >= 15 is 0 Å². The lowest BCUT2D eigenvalue weighted by Gasteiger charge is -2.43. The fourth-order valence-electron chi connectivity index (χ4n) is 6.53. The topological polar surface area (TPSA) is 360 Å². The number of hydrogen-bond acceptors (Lipinski definition) is 19. The zero-order valence-corrected chi connectivity index (χ0v) is 29.6. The number of aliphatic hydroxyl groups is 8. The van der Waals surface area contributed by atoms with Gasteiger partial charge in [0.25, 0.3) is 0 Å². The Balaban J connectivity index is 1.38. The number of carbonyl (C=O) groups excluding carboxylic acids is 1. The number of carbonyl (C=O) groups is 2. The van der Waals surface area contributed by atoms with E-state index in [4.69, 9.17) is 23.4 Å². The van der Waals surface area contributed by atoms with Crippen molar-refractivity contribution in [2.75, 3.05) is 6.61 Å². The summed E-state index contributed by atoms with van der Waals surface area (Å²) in [4.78, 5) is 41.4. The molecule has 0 aliphatic carbocycles. The molecule has 9 atom stereocenters. The van der Waals surface area contributed by atoms with E-state index < -0.39 is 102 Å². The van der Waals surface area contributed by atoms with Gasteiger partial charge >= 0.3 is 11.9 Å². The molecule has 2 saturated heterocycles. The van der Waals surface area contributed by atoms with Gasteiger partial charge in [0, 0.05) is 53.7 Å². The van der Waals surface area contributed by atoms with Gasteiger partial charge in [0.2, 0.25) is 24.5 Å². The molecule has 21 nitrogen and oxygen atoms in total. The van der Waals surface area contributed by atoms with Crippen molar-refractivity contribution < 1.29 is 94.2 Å². The van der Waals surface area contributed by atoms with Crippen molar-refractivity contribution in [3.05, 3.63) is 69.1 Å². The van der Waals surface area contributed by atoms with Crippen molar-refractivity contribution in [1.82, 2.24) is 4.98 Å². The first-order chi connectivity index (χ1) is 26.9. The quantitative estimate of drug-likeness (QED) is 0.0424. The second kappa shape index (κ2) is 15.9. The van der Waals surface area contributed by atoms with Gasteiger partial charge < -0.3 is 89.6 Å². The van der Waals surface area contributed by atoms with Crippen LogP contribution in [0.4, 0.5) is 0 Å². The normalized spacial score (nSPS) is 27.3. The number of rotatable bonds is 11. The van der Waals surface area contributed by atoms with Gasteiger partial charge in [-0.15, -0.1) is 0 Å². The molecule has 0 saturated carbocycles. The van der Waals surface area contributed by atoms with Gasteiger partial charge in [-0.1, -0.05) is 6.92 Å². The fraction of sp³-hybridized carbons (Fsp3) is 0.417. The highest BCUT2D eigenvalue weighted by Crippen LogP contribution is 2.41. The summed E-state index contributed by atoms with van der Waals surface area (Å²) in [5, 5.41) is 123. The molecule has 0 spiro atoms. The smallest absolute Gasteiger partial charge is 0.340 e. The lowest BCUT2D eigenvalue weighted by Crippen LogP contribution is -2.69. The Bertz CT molecular complexity index is 2210. The Morgan fingerprint density at radius 3 is 2.26 bits per heavy atom. The number of H-pyrrole nitrogens is 1. The van der Waals surface area contributed by atoms with E-state index in [9.17, 15) is 75.7 Å². The number of carboxylic acids is 1. The number of carboxylic acid groups (broad SMARTS) is 1. The number of aromatic amines is 1. The Hall–Kier alpha value is -5.33. The van der Waals surface area contributed by atoms with Gasteiger partial charge in [-0.3, -0.25) is 4.79 Å². The van der Waals surface area contributed by atoms with Gasteiger partial charge in [0.15, 0.2) is 23.0 Å². The number of aliphatic hydroxyl groups excluding tert-OH is 6. The van der Waals surface area contributed by atoms with Crippen molar-refractivity contribution >= 4 is 22.9 Å². The molecule has 0 amide bonds. The van der Waals surface area contributed by atoms with Crippen LogP contribution in [0.3, 0.4) is 0 Å². The van der Waals surface area contributed by atoms with Crippen molar-refractivity contribution in [3.63, 3.8) is 0 Å². The maximum atomic E-state index is 13.6. The molecule has 6 rings (SSSR count). The zero-order valence-electron chi connectivity index (χ0n) is 29.6. The Kier molecular flexibility index (Phi) is 11.5. The number of esters is 1. The number of aromatic hydroxyl groups is 3. The Labute approximate surface area is 319 Å². The first-order valence-corrected chi connectivity index (χ1v) is 17.3. The summed E-state index contributed by atoms with van der Waals surface area (Å²) in [6.07, 6.45) is -19.2. The Morgan fingerprint density at radius 1 is 0.895 bits per heavy atom. The van der Waals surface area contributed by atoms with E-state index in [-0.39, 0.29) is 52.0 Å². The molecule has 13 N–H and O–H groups in total. The third-order valence-electron chi connectivity index (χ3n) is 9.65. The van der Waals surface area contributed by atoms with Crippen LogP contribution in [0, 0.1) is 0 Å². The second-order valence-corrected chi connectivity index (χ2v) is 13.5. The maximum Gasteiger partial charge on any atom is 0.340 e. The van der Waals surface area contributed by atoms with Crippen LogP contribution >= 0.6 is 0 Å². The number of nitrogens with one attached hydrogen (secondary N) is 1. The van der Waals surface area contributed by atoms with Crippen LogP contribution in [0.15, 0.2) is 45.7 Å². The molecule has 21 heteroatoms. The molecule has 2 aliphatic rings. The number of phenolic OH excluding ortho intramolecular Hbond substituents is 3. The van der Waals surface area contributed by atoms with Crippen LogP contribution in [-0.2, 0) is 43.1 Å². The van der Waals surface area contributed by atoms with E-state index in [0.29, 0.717) is 12.0 Å². The third kappa shape index (κ3) is 7.72. The van der Waals surface area contributed by atoms with Crippen molar-refractivity contribution in [3.8, 4) is 34.3 Å². The van der Waals surface area contributed by atoms with Crippen LogP contribution in [0.5, 0.6) is 23.0 Å². The van der Waals surface area contributed by atoms with Crippen LogP contribution in [0.2, 0.25) is 0 Å². The molecular weight excluding hydrogens is 766 g/mol. The van der Waals surface area contributed by atoms with Crippen LogP contribution < -0.4 is 10.2 Å². The lowest BCUT2D eigenvalue weighted by molar-refractivity contribution is -0.372. The van der Waals surface area contributed by atoms with E-state index in [2.05, 4.69) is 4.98 Å². The SMILES string of the molecule is CCc1cc(Cc2c(OC3OC(C(=O)OC4OC(C(=O)O)C(O)(O)C(O)C4O)C(O)C(O)C3O)cc3oc(-c4cc(O)c(O)c(CCO)c4)cc(=O)c3c2O)c[nH]1. The van der Waals surface area contributed by atoms with Gasteiger partial charge in [-0.2, -0.15) is 0 Å². The predicted molar refractivity (Wildman–Crippen MR) is 186 cm³/mol. The minimum atomic E-state index is -3.54. The first kappa shape index (κ1) is 41.3. The molecule has 0 radical (unpaired) electrons. The van der Waals surface area contributed by atoms with Gasteiger partial charge in [-0.05, 0) is 36.6 Å². The first-order valence-electron chi connectivity index (χ1n) is 17.3. The minimum Gasteiger partial charge on any atom is -0.507 e. The fourth-order valence-corrected chi connectivity index (χ4v) is 6.53. The highest BCUT2D eigenvalue weighted by atomic mass is 16.8. The predicted octanol–water partition coefficient (Wildman–Crippen LogP) is -2.47. The Morgan fingerprint density at radius 2 is 1.61 bits per heavy atom. The zero-order chi connectivity index (χ0) is 41.7. The highest BCUT2D eigenvalue weighted by molar-refractivity contribution is 5.88. The summed E-state index contributed by atoms with van der Waals surface area (Å²) in [6.45, 7) is 1.48. The highest BCUT2D eigenvalue weighted by Gasteiger charge is 2.59. The van der Waals surface area contributed by atoms with Crippen LogP contribution in [-0.4, -0.2) is 146 Å². The molecule has 2 fully saturated rings. The summed E-state index contributed by atoms with van der Waals surface area (Å²) < 4.78 is 27.1. The third-order valence-corrected chi connectivity index (χ3v) is 9.65. The average molecular weight is 806 g/mol. The summed E-state index contributed by atoms with van der Waals surface area (Å²) in [5.74, 6) is -9.53. The molecule has 2 aromatic carbocycles. The van der Waals surface area contributed by atoms with Gasteiger partial charge in [0.05, 0.1) is 0 Å². The largest absolute Gasteiger partial charge is 0.507 e. The molecule has 2 aromatic heterocycles. The minimum absolute atomic E-state index is 0.0734. The number of benzene rings is 2. The van der Waals surface area contributed by atoms with E-state index in [1.807, 2.05) is 6.92 Å². The van der Waals surface area contributed by atoms with Gasteiger partial charge in [-0.25, -0.2) is 9.59 Å². The molecular formula is C36H39NO20. The molecule has 4 aromatic rings. The number of hydrogen-bond donors (Lipinski definition) is 13. The number of aromatic nitrogens is 1. The molecule has 57 heavy (non-hydrogen) atoms. The maximum absolute atomic E-state index is 13.6. The van der Waals surface area contributed by atoms with Crippen LogP contribution in [0.1, 0.15) is 29.3 Å². The lowest BCUT2D eigenvalue weighted by atomic mass is 9.94. The summed E-state index contributed by atoms with van der Waals surface area (Å²) in [5.41, 5.74) is 0.398. The molecule has 9 unspecified atom stereocenters. The number of phenols is 3. The van der Waals surface area contributed by atoms with Crippen molar-refractivity contribution in [2.45, 2.75) is 87.3 Å².